The maximum Gasteiger partial charge on any atom is 0.131 e. The molecule has 0 saturated carbocycles. The van der Waals surface area contributed by atoms with Crippen LogP contribution >= 0.6 is 0 Å². The zero-order valence-electron chi connectivity index (χ0n) is 10.1. The van der Waals surface area contributed by atoms with Crippen LogP contribution in [0.5, 0.6) is 0 Å². The largest absolute Gasteiger partial charge is 0.206 e. The molecular formula is C16H17F. The summed E-state index contributed by atoms with van der Waals surface area (Å²) in [6.07, 6.45) is 3.22. The Morgan fingerprint density at radius 3 is 2.41 bits per heavy atom. The Bertz CT molecular complexity index is 474. The summed E-state index contributed by atoms with van der Waals surface area (Å²) >= 11 is 0. The first kappa shape index (κ1) is 11.8. The van der Waals surface area contributed by atoms with Crippen molar-refractivity contribution >= 4 is 0 Å². The molecule has 2 aromatic rings. The molecule has 0 aliphatic carbocycles. The summed E-state index contributed by atoms with van der Waals surface area (Å²) < 4.78 is 14.0. The third-order valence-electron chi connectivity index (χ3n) is 2.94. The maximum absolute atomic E-state index is 14.0. The zero-order valence-corrected chi connectivity index (χ0v) is 10.1. The van der Waals surface area contributed by atoms with E-state index >= 15 is 0 Å². The third-order valence-corrected chi connectivity index (χ3v) is 2.94. The lowest BCUT2D eigenvalue weighted by Gasteiger charge is -2.06. The Kier molecular flexibility index (Phi) is 3.92. The van der Waals surface area contributed by atoms with Gasteiger partial charge < -0.3 is 0 Å². The lowest BCUT2D eigenvalue weighted by molar-refractivity contribution is 0.627. The molecule has 0 atom stereocenters. The average molecular weight is 228 g/mol. The van der Waals surface area contributed by atoms with Gasteiger partial charge in [-0.2, -0.15) is 0 Å². The molecule has 0 fully saturated rings. The second kappa shape index (κ2) is 5.62. The van der Waals surface area contributed by atoms with Crippen molar-refractivity contribution in [2.45, 2.75) is 26.2 Å². The monoisotopic (exact) mass is 228 g/mol. The van der Waals surface area contributed by atoms with Gasteiger partial charge in [-0.1, -0.05) is 55.8 Å². The zero-order chi connectivity index (χ0) is 12.1. The van der Waals surface area contributed by atoms with Crippen LogP contribution in [0, 0.1) is 5.82 Å². The second-order valence-corrected chi connectivity index (χ2v) is 4.28. The first-order chi connectivity index (χ1) is 8.31. The first-order valence-corrected chi connectivity index (χ1v) is 6.15. The quantitative estimate of drug-likeness (QED) is 0.702. The van der Waals surface area contributed by atoms with Crippen molar-refractivity contribution in [2.24, 2.45) is 0 Å². The fourth-order valence-electron chi connectivity index (χ4n) is 1.95. The van der Waals surface area contributed by atoms with Crippen LogP contribution in [-0.4, -0.2) is 0 Å². The lowest BCUT2D eigenvalue weighted by Crippen LogP contribution is -1.89. The number of rotatable bonds is 4. The molecule has 0 N–H and O–H groups in total. The second-order valence-electron chi connectivity index (χ2n) is 4.28. The predicted molar refractivity (Wildman–Crippen MR) is 70.4 cm³/mol. The fourth-order valence-corrected chi connectivity index (χ4v) is 1.95. The highest BCUT2D eigenvalue weighted by Gasteiger charge is 2.05. The number of aryl methyl sites for hydroxylation is 1. The molecule has 0 nitrogen and oxygen atoms in total. The van der Waals surface area contributed by atoms with Crippen LogP contribution in [0.4, 0.5) is 4.39 Å². The molecule has 0 amide bonds. The molecule has 0 radical (unpaired) electrons. The highest BCUT2D eigenvalue weighted by Crippen LogP contribution is 2.23. The van der Waals surface area contributed by atoms with E-state index in [1.165, 1.54) is 0 Å². The van der Waals surface area contributed by atoms with Crippen LogP contribution in [-0.2, 0) is 6.42 Å². The molecule has 0 aliphatic heterocycles. The predicted octanol–water partition coefficient (Wildman–Crippen LogP) is 4.84. The third kappa shape index (κ3) is 2.94. The minimum absolute atomic E-state index is 0.121. The van der Waals surface area contributed by atoms with Crippen LogP contribution < -0.4 is 0 Å². The topological polar surface area (TPSA) is 0 Å². The molecule has 0 heterocycles. The van der Waals surface area contributed by atoms with E-state index in [1.54, 1.807) is 6.07 Å². The summed E-state index contributed by atoms with van der Waals surface area (Å²) in [6.45, 7) is 2.15. The Hall–Kier alpha value is -1.63. The molecule has 17 heavy (non-hydrogen) atoms. The van der Waals surface area contributed by atoms with Crippen molar-refractivity contribution in [3.8, 4) is 11.1 Å². The summed E-state index contributed by atoms with van der Waals surface area (Å²) in [4.78, 5) is 0. The van der Waals surface area contributed by atoms with Crippen molar-refractivity contribution in [1.82, 2.24) is 0 Å². The van der Waals surface area contributed by atoms with Crippen molar-refractivity contribution < 1.29 is 4.39 Å². The van der Waals surface area contributed by atoms with E-state index < -0.39 is 0 Å². The standard InChI is InChI=1S/C16H17F/c1-2-3-7-13-10-11-15(16(17)12-13)14-8-5-4-6-9-14/h4-6,8-12H,2-3,7H2,1H3. The van der Waals surface area contributed by atoms with Gasteiger partial charge in [0.2, 0.25) is 0 Å². The van der Waals surface area contributed by atoms with E-state index in [0.29, 0.717) is 5.56 Å². The smallest absolute Gasteiger partial charge is 0.131 e. The Balaban J connectivity index is 2.26. The molecule has 2 rings (SSSR count). The molecule has 0 unspecified atom stereocenters. The Morgan fingerprint density at radius 2 is 1.76 bits per heavy atom. The van der Waals surface area contributed by atoms with E-state index in [2.05, 4.69) is 6.92 Å². The summed E-state index contributed by atoms with van der Waals surface area (Å²) in [5.41, 5.74) is 2.71. The van der Waals surface area contributed by atoms with Crippen LogP contribution in [0.15, 0.2) is 48.5 Å². The first-order valence-electron chi connectivity index (χ1n) is 6.15. The van der Waals surface area contributed by atoms with Gasteiger partial charge in [-0.15, -0.1) is 0 Å². The molecule has 0 aliphatic rings. The minimum Gasteiger partial charge on any atom is -0.206 e. The molecule has 0 spiro atoms. The van der Waals surface area contributed by atoms with Crippen molar-refractivity contribution in [2.75, 3.05) is 0 Å². The number of hydrogen-bond acceptors (Lipinski definition) is 0. The Labute approximate surface area is 102 Å². The molecule has 0 aromatic heterocycles. The number of unbranched alkanes of at least 4 members (excludes halogenated alkanes) is 1. The van der Waals surface area contributed by atoms with Crippen molar-refractivity contribution in [3.05, 3.63) is 59.9 Å². The van der Waals surface area contributed by atoms with Crippen molar-refractivity contribution in [3.63, 3.8) is 0 Å². The molecule has 88 valence electrons. The number of hydrogen-bond donors (Lipinski definition) is 0. The molecular weight excluding hydrogens is 211 g/mol. The summed E-state index contributed by atoms with van der Waals surface area (Å²) in [6, 6.07) is 15.2. The highest BCUT2D eigenvalue weighted by molar-refractivity contribution is 5.64. The Morgan fingerprint density at radius 1 is 1.00 bits per heavy atom. The van der Waals surface area contributed by atoms with E-state index in [4.69, 9.17) is 0 Å². The van der Waals surface area contributed by atoms with Crippen LogP contribution in [0.1, 0.15) is 25.3 Å². The summed E-state index contributed by atoms with van der Waals surface area (Å²) in [5.74, 6) is -0.121. The highest BCUT2D eigenvalue weighted by atomic mass is 19.1. The number of benzene rings is 2. The van der Waals surface area contributed by atoms with Gasteiger partial charge >= 0.3 is 0 Å². The van der Waals surface area contributed by atoms with Gasteiger partial charge in [-0.25, -0.2) is 4.39 Å². The fraction of sp³-hybridized carbons (Fsp3) is 0.250. The molecule has 1 heteroatoms. The average Bonchev–Trinajstić information content (AvgIpc) is 2.37. The molecule has 2 aromatic carbocycles. The lowest BCUT2D eigenvalue weighted by atomic mass is 10.0. The normalized spacial score (nSPS) is 10.5. The van der Waals surface area contributed by atoms with Crippen molar-refractivity contribution in [1.29, 1.82) is 0 Å². The van der Waals surface area contributed by atoms with Gasteiger partial charge in [0, 0.05) is 5.56 Å². The maximum atomic E-state index is 14.0. The van der Waals surface area contributed by atoms with Crippen LogP contribution in [0.3, 0.4) is 0 Å². The van der Waals surface area contributed by atoms with Gasteiger partial charge in [0.15, 0.2) is 0 Å². The van der Waals surface area contributed by atoms with E-state index in [-0.39, 0.29) is 5.82 Å². The van der Waals surface area contributed by atoms with Gasteiger partial charge in [-0.3, -0.25) is 0 Å². The van der Waals surface area contributed by atoms with Crippen LogP contribution in [0.25, 0.3) is 11.1 Å². The minimum atomic E-state index is -0.121. The number of halogens is 1. The molecule has 0 saturated heterocycles. The van der Waals surface area contributed by atoms with Gasteiger partial charge in [0.25, 0.3) is 0 Å². The van der Waals surface area contributed by atoms with Crippen LogP contribution in [0.2, 0.25) is 0 Å². The van der Waals surface area contributed by atoms with Gasteiger partial charge in [0.05, 0.1) is 0 Å². The molecule has 0 bridgehead atoms. The van der Waals surface area contributed by atoms with E-state index in [0.717, 1.165) is 30.4 Å². The summed E-state index contributed by atoms with van der Waals surface area (Å²) in [5, 5.41) is 0. The summed E-state index contributed by atoms with van der Waals surface area (Å²) in [7, 11) is 0. The van der Waals surface area contributed by atoms with Gasteiger partial charge in [-0.05, 0) is 30.0 Å². The van der Waals surface area contributed by atoms with E-state index in [9.17, 15) is 4.39 Å². The van der Waals surface area contributed by atoms with E-state index in [1.807, 2.05) is 42.5 Å². The SMILES string of the molecule is CCCCc1ccc(-c2ccccc2)c(F)c1. The van der Waals surface area contributed by atoms with Gasteiger partial charge in [0.1, 0.15) is 5.82 Å².